The first-order chi connectivity index (χ1) is 7.00. The summed E-state index contributed by atoms with van der Waals surface area (Å²) in [5, 5.41) is -0.561. The zero-order chi connectivity index (χ0) is 11.4. The third-order valence-corrected chi connectivity index (χ3v) is 3.07. The van der Waals surface area contributed by atoms with Crippen molar-refractivity contribution in [2.75, 3.05) is 0 Å². The first kappa shape index (κ1) is 12.1. The molecule has 0 radical (unpaired) electrons. The van der Waals surface area contributed by atoms with Crippen LogP contribution in [0.25, 0.3) is 0 Å². The summed E-state index contributed by atoms with van der Waals surface area (Å²) >= 11 is 0. The van der Waals surface area contributed by atoms with Crippen LogP contribution in [0.3, 0.4) is 0 Å². The van der Waals surface area contributed by atoms with Crippen LogP contribution in [0.2, 0.25) is 0 Å². The van der Waals surface area contributed by atoms with E-state index in [9.17, 15) is 8.60 Å². The Morgan fingerprint density at radius 2 is 1.87 bits per heavy atom. The highest BCUT2D eigenvalue weighted by Crippen LogP contribution is 2.17. The number of hydrogen-bond acceptors (Lipinski definition) is 1. The molecule has 0 N–H and O–H groups in total. The van der Waals surface area contributed by atoms with Crippen LogP contribution < -0.4 is 0 Å². The molecule has 0 bridgehead atoms. The predicted molar refractivity (Wildman–Crippen MR) is 61.6 cm³/mol. The minimum absolute atomic E-state index is 0.0689. The van der Waals surface area contributed by atoms with Gasteiger partial charge in [-0.15, -0.1) is 0 Å². The smallest absolute Gasteiger partial charge is 0.187 e. The van der Waals surface area contributed by atoms with E-state index in [-0.39, 0.29) is 5.92 Å². The maximum atomic E-state index is 13.4. The Morgan fingerprint density at radius 1 is 1.33 bits per heavy atom. The zero-order valence-electron chi connectivity index (χ0n) is 9.16. The van der Waals surface area contributed by atoms with Gasteiger partial charge >= 0.3 is 0 Å². The fourth-order valence-electron chi connectivity index (χ4n) is 1.10. The molecule has 0 saturated heterocycles. The fraction of sp³-hybridized carbons (Fsp3) is 0.333. The molecule has 0 spiro atoms. The van der Waals surface area contributed by atoms with Gasteiger partial charge in [0, 0.05) is 4.90 Å². The van der Waals surface area contributed by atoms with Gasteiger partial charge in [0.25, 0.3) is 0 Å². The third kappa shape index (κ3) is 3.59. The SMILES string of the molecule is Cc1ccc(S(=O)/C(F)=C/C(C)C)cc1. The van der Waals surface area contributed by atoms with Crippen LogP contribution in [-0.4, -0.2) is 4.21 Å². The van der Waals surface area contributed by atoms with E-state index in [0.717, 1.165) is 5.56 Å². The first-order valence-corrected chi connectivity index (χ1v) is 6.01. The van der Waals surface area contributed by atoms with Crippen LogP contribution >= 0.6 is 0 Å². The molecule has 15 heavy (non-hydrogen) atoms. The zero-order valence-corrected chi connectivity index (χ0v) is 9.98. The molecule has 0 amide bonds. The molecule has 3 heteroatoms. The van der Waals surface area contributed by atoms with Crippen molar-refractivity contribution >= 4 is 10.8 Å². The second-order valence-corrected chi connectivity index (χ2v) is 5.20. The average molecular weight is 226 g/mol. The highest BCUT2D eigenvalue weighted by atomic mass is 32.2. The van der Waals surface area contributed by atoms with Gasteiger partial charge in [0.05, 0.1) is 0 Å². The van der Waals surface area contributed by atoms with Crippen LogP contribution in [0.1, 0.15) is 19.4 Å². The number of allylic oxidation sites excluding steroid dienone is 1. The van der Waals surface area contributed by atoms with E-state index in [4.69, 9.17) is 0 Å². The Morgan fingerprint density at radius 3 is 2.33 bits per heavy atom. The Balaban J connectivity index is 2.90. The lowest BCUT2D eigenvalue weighted by atomic mass is 10.2. The highest BCUT2D eigenvalue weighted by molar-refractivity contribution is 7.88. The molecule has 1 nitrogen and oxygen atoms in total. The lowest BCUT2D eigenvalue weighted by molar-refractivity contribution is 0.638. The van der Waals surface area contributed by atoms with E-state index in [1.54, 1.807) is 12.1 Å². The summed E-state index contributed by atoms with van der Waals surface area (Å²) in [7, 11) is -1.66. The van der Waals surface area contributed by atoms with Gasteiger partial charge in [-0.1, -0.05) is 31.5 Å². The van der Waals surface area contributed by atoms with Crippen molar-refractivity contribution in [2.24, 2.45) is 5.92 Å². The molecular formula is C12H15FOS. The molecule has 1 unspecified atom stereocenters. The Kier molecular flexibility index (Phi) is 4.21. The molecule has 0 saturated carbocycles. The molecule has 1 aromatic rings. The van der Waals surface area contributed by atoms with Crippen molar-refractivity contribution in [3.63, 3.8) is 0 Å². The van der Waals surface area contributed by atoms with Crippen molar-refractivity contribution < 1.29 is 8.60 Å². The number of benzene rings is 1. The van der Waals surface area contributed by atoms with Gasteiger partial charge in [-0.25, -0.2) is 4.21 Å². The molecule has 0 aromatic heterocycles. The Labute approximate surface area is 92.5 Å². The highest BCUT2D eigenvalue weighted by Gasteiger charge is 2.09. The molecule has 1 atom stereocenters. The van der Waals surface area contributed by atoms with Crippen molar-refractivity contribution in [3.8, 4) is 0 Å². The fourth-order valence-corrected chi connectivity index (χ4v) is 2.10. The molecule has 82 valence electrons. The van der Waals surface area contributed by atoms with Crippen molar-refractivity contribution in [1.29, 1.82) is 0 Å². The van der Waals surface area contributed by atoms with Crippen LogP contribution in [0.15, 0.2) is 40.4 Å². The maximum absolute atomic E-state index is 13.4. The third-order valence-electron chi connectivity index (χ3n) is 1.88. The summed E-state index contributed by atoms with van der Waals surface area (Å²) in [6.45, 7) is 5.64. The summed E-state index contributed by atoms with van der Waals surface area (Å²) in [4.78, 5) is 0.509. The summed E-state index contributed by atoms with van der Waals surface area (Å²) in [5.41, 5.74) is 1.07. The monoisotopic (exact) mass is 226 g/mol. The summed E-state index contributed by atoms with van der Waals surface area (Å²) in [6, 6.07) is 7.05. The molecule has 1 aromatic carbocycles. The van der Waals surface area contributed by atoms with Gasteiger partial charge in [0.2, 0.25) is 0 Å². The molecule has 0 heterocycles. The van der Waals surface area contributed by atoms with Gasteiger partial charge < -0.3 is 0 Å². The predicted octanol–water partition coefficient (Wildman–Crippen LogP) is 3.57. The van der Waals surface area contributed by atoms with Crippen LogP contribution in [-0.2, 0) is 10.8 Å². The normalized spacial score (nSPS) is 14.3. The van der Waals surface area contributed by atoms with Crippen molar-refractivity contribution in [3.05, 3.63) is 41.1 Å². The van der Waals surface area contributed by atoms with E-state index >= 15 is 0 Å². The summed E-state index contributed by atoms with van der Waals surface area (Å²) in [5.74, 6) is 0.0689. The molecule has 0 aliphatic carbocycles. The van der Waals surface area contributed by atoms with Crippen LogP contribution in [0, 0.1) is 12.8 Å². The number of hydrogen-bond donors (Lipinski definition) is 0. The quantitative estimate of drug-likeness (QED) is 0.770. The van der Waals surface area contributed by atoms with Gasteiger partial charge in [-0.2, -0.15) is 4.39 Å². The van der Waals surface area contributed by atoms with Crippen LogP contribution in [0.5, 0.6) is 0 Å². The van der Waals surface area contributed by atoms with E-state index in [0.29, 0.717) is 4.90 Å². The van der Waals surface area contributed by atoms with E-state index in [1.807, 2.05) is 32.9 Å². The van der Waals surface area contributed by atoms with E-state index < -0.39 is 16.0 Å². The summed E-state index contributed by atoms with van der Waals surface area (Å²) < 4.78 is 25.1. The van der Waals surface area contributed by atoms with E-state index in [1.165, 1.54) is 6.08 Å². The molecule has 1 rings (SSSR count). The standard InChI is InChI=1S/C12H15FOS/c1-9(2)8-12(13)15(14)11-6-4-10(3)5-7-11/h4-9H,1-3H3/b12-8+. The molecule has 0 aliphatic rings. The Hall–Kier alpha value is -0.960. The van der Waals surface area contributed by atoms with Gasteiger partial charge in [0.1, 0.15) is 10.8 Å². The molecular weight excluding hydrogens is 211 g/mol. The Bertz CT molecular complexity index is 379. The van der Waals surface area contributed by atoms with Gasteiger partial charge in [-0.05, 0) is 31.1 Å². The maximum Gasteiger partial charge on any atom is 0.187 e. The number of halogens is 1. The van der Waals surface area contributed by atoms with E-state index in [2.05, 4.69) is 0 Å². The topological polar surface area (TPSA) is 17.1 Å². The number of aryl methyl sites for hydroxylation is 1. The minimum Gasteiger partial charge on any atom is -0.247 e. The lowest BCUT2D eigenvalue weighted by Crippen LogP contribution is -1.93. The average Bonchev–Trinajstić information content (AvgIpc) is 2.17. The van der Waals surface area contributed by atoms with Crippen molar-refractivity contribution in [2.45, 2.75) is 25.7 Å². The first-order valence-electron chi connectivity index (χ1n) is 4.86. The van der Waals surface area contributed by atoms with Gasteiger partial charge in [0.15, 0.2) is 5.16 Å². The number of rotatable bonds is 3. The largest absolute Gasteiger partial charge is 0.247 e. The van der Waals surface area contributed by atoms with Gasteiger partial charge in [-0.3, -0.25) is 0 Å². The van der Waals surface area contributed by atoms with Crippen LogP contribution in [0.4, 0.5) is 4.39 Å². The minimum atomic E-state index is -1.66. The summed E-state index contributed by atoms with van der Waals surface area (Å²) in [6.07, 6.45) is 1.38. The second kappa shape index (κ2) is 5.21. The molecule has 0 aliphatic heterocycles. The molecule has 0 fully saturated rings. The second-order valence-electron chi connectivity index (χ2n) is 3.80. The van der Waals surface area contributed by atoms with Crippen molar-refractivity contribution in [1.82, 2.24) is 0 Å². The lowest BCUT2D eigenvalue weighted by Gasteiger charge is -2.01.